The topological polar surface area (TPSA) is 47.3 Å². The summed E-state index contributed by atoms with van der Waals surface area (Å²) in [6.07, 6.45) is 5.21. The molecule has 16 heavy (non-hydrogen) atoms. The van der Waals surface area contributed by atoms with E-state index in [1.165, 1.54) is 31.7 Å². The molecular weight excluding hydrogens is 216 g/mol. The van der Waals surface area contributed by atoms with Crippen molar-refractivity contribution in [1.29, 1.82) is 0 Å². The van der Waals surface area contributed by atoms with E-state index in [4.69, 9.17) is 10.5 Å². The number of nitrogens with two attached hydrogens (primary N) is 1. The van der Waals surface area contributed by atoms with E-state index in [1.54, 1.807) is 0 Å². The molecule has 1 fully saturated rings. The predicted octanol–water partition coefficient (Wildman–Crippen LogP) is 1.74. The Labute approximate surface area is 101 Å². The zero-order valence-corrected chi connectivity index (χ0v) is 11.9. The average Bonchev–Trinajstić information content (AvgIpc) is 2.30. The van der Waals surface area contributed by atoms with Crippen molar-refractivity contribution in [2.45, 2.75) is 50.5 Å². The van der Waals surface area contributed by atoms with E-state index in [-0.39, 0.29) is 0 Å². The minimum atomic E-state index is -1.16. The molecule has 1 heterocycles. The molecule has 1 aliphatic heterocycles. The van der Waals surface area contributed by atoms with Crippen molar-refractivity contribution >= 4 is 8.07 Å². The number of rotatable bonds is 7. The lowest BCUT2D eigenvalue weighted by molar-refractivity contribution is 0.0597. The van der Waals surface area contributed by atoms with E-state index in [1.807, 2.05) is 0 Å². The number of hydrogen-bond acceptors (Lipinski definition) is 3. The molecule has 1 saturated heterocycles. The standard InChI is InChI=1S/C12H28N2OSi/c1-16(2,11-5-8-14-9-7-13)12-6-3-4-10-15-12/h12,14H,3-11,13H2,1-2H3. The van der Waals surface area contributed by atoms with Gasteiger partial charge in [0, 0.05) is 25.4 Å². The molecule has 0 amide bonds. The van der Waals surface area contributed by atoms with Gasteiger partial charge in [-0.3, -0.25) is 0 Å². The third kappa shape index (κ3) is 4.95. The van der Waals surface area contributed by atoms with E-state index in [0.717, 1.165) is 26.2 Å². The summed E-state index contributed by atoms with van der Waals surface area (Å²) in [5.74, 6) is 0. The lowest BCUT2D eigenvalue weighted by atomic mass is 10.2. The highest BCUT2D eigenvalue weighted by Crippen LogP contribution is 2.26. The van der Waals surface area contributed by atoms with Crippen LogP contribution in [0.1, 0.15) is 25.7 Å². The summed E-state index contributed by atoms with van der Waals surface area (Å²) in [7, 11) is -1.16. The molecule has 0 aliphatic carbocycles. The van der Waals surface area contributed by atoms with Gasteiger partial charge in [0.25, 0.3) is 0 Å². The molecule has 96 valence electrons. The zero-order valence-electron chi connectivity index (χ0n) is 10.9. The summed E-state index contributed by atoms with van der Waals surface area (Å²) in [5, 5.41) is 3.37. The fraction of sp³-hybridized carbons (Fsp3) is 1.00. The van der Waals surface area contributed by atoms with Crippen molar-refractivity contribution in [1.82, 2.24) is 5.32 Å². The maximum absolute atomic E-state index is 5.94. The van der Waals surface area contributed by atoms with Crippen molar-refractivity contribution in [3.05, 3.63) is 0 Å². The number of nitrogens with one attached hydrogen (secondary N) is 1. The summed E-state index contributed by atoms with van der Waals surface area (Å²) in [5.41, 5.74) is 6.05. The van der Waals surface area contributed by atoms with Gasteiger partial charge in [-0.05, 0) is 32.2 Å². The average molecular weight is 244 g/mol. The van der Waals surface area contributed by atoms with Crippen LogP contribution in [0.5, 0.6) is 0 Å². The first-order chi connectivity index (χ1) is 7.67. The summed E-state index contributed by atoms with van der Waals surface area (Å²) in [6, 6.07) is 1.37. The largest absolute Gasteiger partial charge is 0.382 e. The highest BCUT2D eigenvalue weighted by atomic mass is 28.3. The molecule has 1 unspecified atom stereocenters. The SMILES string of the molecule is C[Si](C)(CCCNCCN)C1CCCCO1. The predicted molar refractivity (Wildman–Crippen MR) is 72.4 cm³/mol. The van der Waals surface area contributed by atoms with Crippen molar-refractivity contribution in [2.24, 2.45) is 5.73 Å². The van der Waals surface area contributed by atoms with Gasteiger partial charge in [0.05, 0.1) is 8.07 Å². The third-order valence-electron chi connectivity index (χ3n) is 3.55. The molecule has 0 bridgehead atoms. The fourth-order valence-corrected chi connectivity index (χ4v) is 5.38. The maximum atomic E-state index is 5.94. The summed E-state index contributed by atoms with van der Waals surface area (Å²) >= 11 is 0. The quantitative estimate of drug-likeness (QED) is 0.530. The molecule has 1 aliphatic rings. The van der Waals surface area contributed by atoms with Crippen molar-refractivity contribution < 1.29 is 4.74 Å². The Hall–Kier alpha value is 0.0969. The van der Waals surface area contributed by atoms with Crippen LogP contribution in [0.2, 0.25) is 19.1 Å². The van der Waals surface area contributed by atoms with Gasteiger partial charge in [0.15, 0.2) is 0 Å². The maximum Gasteiger partial charge on any atom is 0.0816 e. The van der Waals surface area contributed by atoms with Gasteiger partial charge in [-0.25, -0.2) is 0 Å². The first-order valence-electron chi connectivity index (χ1n) is 6.69. The first kappa shape index (κ1) is 14.2. The van der Waals surface area contributed by atoms with Crippen molar-refractivity contribution in [2.75, 3.05) is 26.2 Å². The summed E-state index contributed by atoms with van der Waals surface area (Å²) in [4.78, 5) is 0. The molecule has 0 saturated carbocycles. The molecule has 3 N–H and O–H groups in total. The summed E-state index contributed by atoms with van der Waals surface area (Å²) in [6.45, 7) is 8.75. The lowest BCUT2D eigenvalue weighted by Gasteiger charge is -2.35. The minimum Gasteiger partial charge on any atom is -0.382 e. The van der Waals surface area contributed by atoms with Crippen LogP contribution >= 0.6 is 0 Å². The third-order valence-corrected chi connectivity index (χ3v) is 7.39. The van der Waals surface area contributed by atoms with Crippen molar-refractivity contribution in [3.63, 3.8) is 0 Å². The van der Waals surface area contributed by atoms with E-state index in [2.05, 4.69) is 18.4 Å². The van der Waals surface area contributed by atoms with E-state index >= 15 is 0 Å². The molecule has 0 aromatic carbocycles. The second-order valence-electron chi connectivity index (χ2n) is 5.49. The highest BCUT2D eigenvalue weighted by Gasteiger charge is 2.33. The minimum absolute atomic E-state index is 0.607. The van der Waals surface area contributed by atoms with E-state index in [0.29, 0.717) is 5.73 Å². The Morgan fingerprint density at radius 2 is 2.12 bits per heavy atom. The molecule has 4 heteroatoms. The van der Waals surface area contributed by atoms with Gasteiger partial charge in [-0.1, -0.05) is 19.1 Å². The molecule has 0 radical (unpaired) electrons. The smallest absolute Gasteiger partial charge is 0.0816 e. The lowest BCUT2D eigenvalue weighted by Crippen LogP contribution is -2.45. The second kappa shape index (κ2) is 7.43. The van der Waals surface area contributed by atoms with Gasteiger partial charge < -0.3 is 15.8 Å². The van der Waals surface area contributed by atoms with Gasteiger partial charge in [-0.2, -0.15) is 0 Å². The molecule has 3 nitrogen and oxygen atoms in total. The van der Waals surface area contributed by atoms with Crippen LogP contribution in [0.4, 0.5) is 0 Å². The molecular formula is C12H28N2OSi. The van der Waals surface area contributed by atoms with Crippen LogP contribution < -0.4 is 11.1 Å². The van der Waals surface area contributed by atoms with Gasteiger partial charge in [-0.15, -0.1) is 0 Å². The Morgan fingerprint density at radius 3 is 2.75 bits per heavy atom. The number of hydrogen-bond donors (Lipinski definition) is 2. The Morgan fingerprint density at radius 1 is 1.31 bits per heavy atom. The van der Waals surface area contributed by atoms with Crippen LogP contribution in [0.15, 0.2) is 0 Å². The van der Waals surface area contributed by atoms with Gasteiger partial charge >= 0.3 is 0 Å². The zero-order chi connectivity index (χ0) is 11.9. The van der Waals surface area contributed by atoms with E-state index in [9.17, 15) is 0 Å². The molecule has 0 aromatic rings. The van der Waals surface area contributed by atoms with Crippen LogP contribution in [0, 0.1) is 0 Å². The fourth-order valence-electron chi connectivity index (χ4n) is 2.41. The number of ether oxygens (including phenoxy) is 1. The first-order valence-corrected chi connectivity index (χ1v) is 9.97. The highest BCUT2D eigenvalue weighted by molar-refractivity contribution is 6.78. The van der Waals surface area contributed by atoms with Crippen LogP contribution in [0.3, 0.4) is 0 Å². The Kier molecular flexibility index (Phi) is 6.57. The van der Waals surface area contributed by atoms with Crippen LogP contribution in [-0.4, -0.2) is 40.0 Å². The Balaban J connectivity index is 2.16. The Bertz CT molecular complexity index is 182. The van der Waals surface area contributed by atoms with Crippen LogP contribution in [-0.2, 0) is 4.74 Å². The van der Waals surface area contributed by atoms with Crippen molar-refractivity contribution in [3.8, 4) is 0 Å². The summed E-state index contributed by atoms with van der Waals surface area (Å²) < 4.78 is 5.94. The molecule has 1 rings (SSSR count). The second-order valence-corrected chi connectivity index (χ2v) is 10.6. The van der Waals surface area contributed by atoms with Crippen LogP contribution in [0.25, 0.3) is 0 Å². The van der Waals surface area contributed by atoms with Gasteiger partial charge in [0.1, 0.15) is 0 Å². The molecule has 0 aromatic heterocycles. The van der Waals surface area contributed by atoms with E-state index < -0.39 is 8.07 Å². The molecule has 1 atom stereocenters. The monoisotopic (exact) mass is 244 g/mol. The molecule has 0 spiro atoms. The van der Waals surface area contributed by atoms with Gasteiger partial charge in [0.2, 0.25) is 0 Å². The normalized spacial score (nSPS) is 22.3.